The molecule has 1 saturated carbocycles. The minimum atomic E-state index is 0.739. The van der Waals surface area contributed by atoms with Crippen LogP contribution in [0.4, 0.5) is 0 Å². The SMILES string of the molecule is Cc1ccccc1CN(Cc1cccn1C)C1CCCCC1. The van der Waals surface area contributed by atoms with Crippen molar-refractivity contribution in [2.24, 2.45) is 7.05 Å². The molecule has 3 rings (SSSR count). The molecule has 1 aliphatic rings. The van der Waals surface area contributed by atoms with Crippen LogP contribution in [0.3, 0.4) is 0 Å². The Morgan fingerprint density at radius 2 is 1.77 bits per heavy atom. The Kier molecular flexibility index (Phi) is 4.99. The molecule has 1 fully saturated rings. The van der Waals surface area contributed by atoms with E-state index in [2.05, 4.69) is 66.0 Å². The maximum absolute atomic E-state index is 2.71. The molecule has 0 aliphatic heterocycles. The van der Waals surface area contributed by atoms with Gasteiger partial charge in [-0.1, -0.05) is 43.5 Å². The smallest absolute Gasteiger partial charge is 0.0393 e. The lowest BCUT2D eigenvalue weighted by molar-refractivity contribution is 0.137. The predicted octanol–water partition coefficient (Wildman–Crippen LogP) is 4.67. The molecule has 0 bridgehead atoms. The van der Waals surface area contributed by atoms with Crippen LogP contribution in [0.1, 0.15) is 48.9 Å². The summed E-state index contributed by atoms with van der Waals surface area (Å²) in [6, 6.07) is 14.0. The molecule has 1 aromatic carbocycles. The summed E-state index contributed by atoms with van der Waals surface area (Å²) in [4.78, 5) is 2.71. The van der Waals surface area contributed by atoms with Crippen molar-refractivity contribution in [1.82, 2.24) is 9.47 Å². The molecule has 118 valence electrons. The standard InChI is InChI=1S/C20H28N2/c1-17-9-6-7-10-18(17)15-22(19-11-4-3-5-12-19)16-20-13-8-14-21(20)2/h6-10,13-14,19H,3-5,11-12,15-16H2,1-2H3. The van der Waals surface area contributed by atoms with Crippen LogP contribution in [0, 0.1) is 6.92 Å². The topological polar surface area (TPSA) is 8.17 Å². The van der Waals surface area contributed by atoms with Crippen molar-refractivity contribution in [1.29, 1.82) is 0 Å². The average Bonchev–Trinajstić information content (AvgIpc) is 2.95. The zero-order valence-electron chi connectivity index (χ0n) is 14.0. The fourth-order valence-corrected chi connectivity index (χ4v) is 3.64. The normalized spacial score (nSPS) is 16.3. The molecule has 2 heteroatoms. The van der Waals surface area contributed by atoms with Gasteiger partial charge in [0.2, 0.25) is 0 Å². The highest BCUT2D eigenvalue weighted by molar-refractivity contribution is 5.25. The van der Waals surface area contributed by atoms with Gasteiger partial charge < -0.3 is 4.57 Å². The number of rotatable bonds is 5. The molecular weight excluding hydrogens is 268 g/mol. The molecule has 0 radical (unpaired) electrons. The molecule has 2 aromatic rings. The van der Waals surface area contributed by atoms with Crippen LogP contribution in [0.15, 0.2) is 42.6 Å². The highest BCUT2D eigenvalue weighted by atomic mass is 15.2. The molecule has 0 amide bonds. The van der Waals surface area contributed by atoms with Gasteiger partial charge in [0.15, 0.2) is 0 Å². The van der Waals surface area contributed by atoms with Crippen LogP contribution < -0.4 is 0 Å². The van der Waals surface area contributed by atoms with Crippen molar-refractivity contribution in [3.05, 3.63) is 59.4 Å². The second-order valence-corrected chi connectivity index (χ2v) is 6.73. The van der Waals surface area contributed by atoms with Crippen molar-refractivity contribution in [3.8, 4) is 0 Å². The van der Waals surface area contributed by atoms with Crippen LogP contribution in [-0.4, -0.2) is 15.5 Å². The summed E-state index contributed by atoms with van der Waals surface area (Å²) in [5, 5.41) is 0. The zero-order chi connectivity index (χ0) is 15.4. The zero-order valence-corrected chi connectivity index (χ0v) is 14.0. The fourth-order valence-electron chi connectivity index (χ4n) is 3.64. The Morgan fingerprint density at radius 1 is 1.00 bits per heavy atom. The van der Waals surface area contributed by atoms with Crippen LogP contribution in [-0.2, 0) is 20.1 Å². The summed E-state index contributed by atoms with van der Waals surface area (Å²) < 4.78 is 2.26. The molecule has 1 aliphatic carbocycles. The summed E-state index contributed by atoms with van der Waals surface area (Å²) in [7, 11) is 2.15. The second-order valence-electron chi connectivity index (χ2n) is 6.73. The lowest BCUT2D eigenvalue weighted by Crippen LogP contribution is -2.36. The minimum Gasteiger partial charge on any atom is -0.353 e. The quantitative estimate of drug-likeness (QED) is 0.778. The number of hydrogen-bond acceptors (Lipinski definition) is 1. The van der Waals surface area contributed by atoms with E-state index >= 15 is 0 Å². The van der Waals surface area contributed by atoms with Gasteiger partial charge in [-0.25, -0.2) is 0 Å². The van der Waals surface area contributed by atoms with E-state index in [1.54, 1.807) is 0 Å². The monoisotopic (exact) mass is 296 g/mol. The molecule has 0 atom stereocenters. The van der Waals surface area contributed by atoms with Crippen LogP contribution in [0.25, 0.3) is 0 Å². The van der Waals surface area contributed by atoms with Gasteiger partial charge in [0.25, 0.3) is 0 Å². The van der Waals surface area contributed by atoms with Crippen LogP contribution in [0.5, 0.6) is 0 Å². The largest absolute Gasteiger partial charge is 0.353 e. The van der Waals surface area contributed by atoms with E-state index in [0.717, 1.165) is 19.1 Å². The summed E-state index contributed by atoms with van der Waals surface area (Å²) in [6.07, 6.45) is 9.07. The van der Waals surface area contributed by atoms with E-state index < -0.39 is 0 Å². The number of aryl methyl sites for hydroxylation is 2. The van der Waals surface area contributed by atoms with E-state index in [4.69, 9.17) is 0 Å². The first-order chi connectivity index (χ1) is 10.7. The summed E-state index contributed by atoms with van der Waals surface area (Å²) in [6.45, 7) is 4.36. The van der Waals surface area contributed by atoms with Crippen molar-refractivity contribution < 1.29 is 0 Å². The van der Waals surface area contributed by atoms with Crippen molar-refractivity contribution >= 4 is 0 Å². The summed E-state index contributed by atoms with van der Waals surface area (Å²) >= 11 is 0. The fraction of sp³-hybridized carbons (Fsp3) is 0.500. The van der Waals surface area contributed by atoms with Gasteiger partial charge >= 0.3 is 0 Å². The number of aromatic nitrogens is 1. The molecule has 1 heterocycles. The third-order valence-electron chi connectivity index (χ3n) is 5.14. The molecule has 22 heavy (non-hydrogen) atoms. The van der Waals surface area contributed by atoms with Gasteiger partial charge in [0.1, 0.15) is 0 Å². The van der Waals surface area contributed by atoms with E-state index in [9.17, 15) is 0 Å². The molecule has 0 unspecified atom stereocenters. The van der Waals surface area contributed by atoms with Crippen LogP contribution >= 0.6 is 0 Å². The molecular formula is C20H28N2. The van der Waals surface area contributed by atoms with Gasteiger partial charge in [-0.15, -0.1) is 0 Å². The van der Waals surface area contributed by atoms with Crippen molar-refractivity contribution in [2.45, 2.75) is 58.2 Å². The third-order valence-corrected chi connectivity index (χ3v) is 5.14. The van der Waals surface area contributed by atoms with Crippen molar-refractivity contribution in [3.63, 3.8) is 0 Å². The average molecular weight is 296 g/mol. The van der Waals surface area contributed by atoms with Gasteiger partial charge in [-0.2, -0.15) is 0 Å². The highest BCUT2D eigenvalue weighted by Gasteiger charge is 2.22. The first-order valence-electron chi connectivity index (χ1n) is 8.63. The minimum absolute atomic E-state index is 0.739. The lowest BCUT2D eigenvalue weighted by Gasteiger charge is -2.35. The Balaban J connectivity index is 1.79. The molecule has 1 aromatic heterocycles. The lowest BCUT2D eigenvalue weighted by atomic mass is 9.93. The maximum atomic E-state index is 2.71. The van der Waals surface area contributed by atoms with Gasteiger partial charge in [0.05, 0.1) is 0 Å². The second kappa shape index (κ2) is 7.15. The van der Waals surface area contributed by atoms with E-state index in [1.165, 1.54) is 48.9 Å². The Morgan fingerprint density at radius 3 is 2.45 bits per heavy atom. The summed E-state index contributed by atoms with van der Waals surface area (Å²) in [5.74, 6) is 0. The Hall–Kier alpha value is -1.54. The molecule has 0 saturated heterocycles. The van der Waals surface area contributed by atoms with Gasteiger partial charge in [0, 0.05) is 38.1 Å². The maximum Gasteiger partial charge on any atom is 0.0393 e. The van der Waals surface area contributed by atoms with Gasteiger partial charge in [-0.05, 0) is 43.0 Å². The Bertz CT molecular complexity index is 593. The number of hydrogen-bond donors (Lipinski definition) is 0. The highest BCUT2D eigenvalue weighted by Crippen LogP contribution is 2.26. The molecule has 0 N–H and O–H groups in total. The first kappa shape index (κ1) is 15.4. The van der Waals surface area contributed by atoms with Gasteiger partial charge in [-0.3, -0.25) is 4.90 Å². The van der Waals surface area contributed by atoms with E-state index in [1.807, 2.05) is 0 Å². The Labute approximate surface area is 134 Å². The molecule has 2 nitrogen and oxygen atoms in total. The number of benzene rings is 1. The first-order valence-corrected chi connectivity index (χ1v) is 8.63. The summed E-state index contributed by atoms with van der Waals surface area (Å²) in [5.41, 5.74) is 4.30. The van der Waals surface area contributed by atoms with Crippen molar-refractivity contribution in [2.75, 3.05) is 0 Å². The number of nitrogens with zero attached hydrogens (tertiary/aromatic N) is 2. The molecule has 0 spiro atoms. The van der Waals surface area contributed by atoms with E-state index in [0.29, 0.717) is 0 Å². The van der Waals surface area contributed by atoms with Crippen LogP contribution in [0.2, 0.25) is 0 Å². The predicted molar refractivity (Wildman–Crippen MR) is 92.7 cm³/mol. The third kappa shape index (κ3) is 3.61. The van der Waals surface area contributed by atoms with E-state index in [-0.39, 0.29) is 0 Å².